The minimum Gasteiger partial charge on any atom is -0.248 e. The van der Waals surface area contributed by atoms with Gasteiger partial charge in [0.25, 0.3) is 0 Å². The van der Waals surface area contributed by atoms with Crippen molar-refractivity contribution >= 4 is 33.0 Å². The molecule has 0 saturated heterocycles. The van der Waals surface area contributed by atoms with Crippen molar-refractivity contribution in [2.75, 3.05) is 0 Å². The van der Waals surface area contributed by atoms with Crippen molar-refractivity contribution in [3.8, 4) is 22.8 Å². The molecule has 0 aliphatic heterocycles. The fourth-order valence-corrected chi connectivity index (χ4v) is 5.77. The Morgan fingerprint density at radius 3 is 1.59 bits per heavy atom. The van der Waals surface area contributed by atoms with Crippen molar-refractivity contribution in [2.24, 2.45) is 0 Å². The quantitative estimate of drug-likeness (QED) is 0.208. The molecule has 0 fully saturated rings. The highest BCUT2D eigenvalue weighted by Gasteiger charge is 2.24. The second kappa shape index (κ2) is 11.1. The van der Waals surface area contributed by atoms with Crippen LogP contribution in [-0.2, 0) is 0 Å². The summed E-state index contributed by atoms with van der Waals surface area (Å²) >= 11 is 0. The molecule has 0 amide bonds. The minimum absolute atomic E-state index is 0.112. The van der Waals surface area contributed by atoms with Crippen molar-refractivity contribution in [3.63, 3.8) is 0 Å². The Kier molecular flexibility index (Phi) is 6.54. The molecule has 3 heterocycles. The van der Waals surface area contributed by atoms with Crippen LogP contribution in [0, 0.1) is 0 Å². The molecular formula is C39H27N5. The van der Waals surface area contributed by atoms with Gasteiger partial charge in [-0.25, -0.2) is 24.9 Å². The Balaban J connectivity index is 1.30. The van der Waals surface area contributed by atoms with E-state index < -0.39 is 0 Å². The summed E-state index contributed by atoms with van der Waals surface area (Å²) < 4.78 is 0. The van der Waals surface area contributed by atoms with Crippen LogP contribution >= 0.6 is 0 Å². The first-order valence-corrected chi connectivity index (χ1v) is 14.8. The number of hydrogen-bond donors (Lipinski definition) is 0. The Morgan fingerprint density at radius 2 is 0.977 bits per heavy atom. The number of hydrogen-bond acceptors (Lipinski definition) is 5. The van der Waals surface area contributed by atoms with Crippen LogP contribution in [0.25, 0.3) is 55.7 Å². The van der Waals surface area contributed by atoms with E-state index in [2.05, 4.69) is 60.7 Å². The smallest absolute Gasteiger partial charge is 0.163 e. The van der Waals surface area contributed by atoms with E-state index in [9.17, 15) is 0 Å². The molecule has 5 nitrogen and oxygen atoms in total. The summed E-state index contributed by atoms with van der Waals surface area (Å²) in [6.07, 6.45) is 5.18. The number of nitrogens with zero attached hydrogens (tertiary/aromatic N) is 5. The van der Waals surface area contributed by atoms with Crippen molar-refractivity contribution in [3.05, 3.63) is 163 Å². The van der Waals surface area contributed by atoms with Gasteiger partial charge in [0.2, 0.25) is 0 Å². The maximum absolute atomic E-state index is 5.07. The average molecular weight is 566 g/mol. The first-order chi connectivity index (χ1) is 21.8. The Labute approximate surface area is 255 Å². The lowest BCUT2D eigenvalue weighted by Crippen LogP contribution is -2.11. The Bertz CT molecular complexity index is 2150. The lowest BCUT2D eigenvalue weighted by molar-refractivity contribution is 0.773. The fraction of sp³-hybridized carbons (Fsp3) is 0.0513. The zero-order valence-corrected chi connectivity index (χ0v) is 23.9. The molecule has 0 N–H and O–H groups in total. The summed E-state index contributed by atoms with van der Waals surface area (Å²) in [5, 5.41) is 2.23. The molecule has 1 aliphatic rings. The fourth-order valence-electron chi connectivity index (χ4n) is 5.77. The largest absolute Gasteiger partial charge is 0.248 e. The topological polar surface area (TPSA) is 64.5 Å². The van der Waals surface area contributed by atoms with Gasteiger partial charge >= 0.3 is 0 Å². The van der Waals surface area contributed by atoms with E-state index in [4.69, 9.17) is 24.9 Å². The first kappa shape index (κ1) is 25.9. The minimum atomic E-state index is -0.112. The van der Waals surface area contributed by atoms with Crippen LogP contribution in [0.4, 0.5) is 0 Å². The predicted molar refractivity (Wildman–Crippen MR) is 177 cm³/mol. The van der Waals surface area contributed by atoms with Crippen LogP contribution in [0.5, 0.6) is 0 Å². The molecule has 0 bridgehead atoms. The van der Waals surface area contributed by atoms with Crippen molar-refractivity contribution in [2.45, 2.75) is 12.3 Å². The molecule has 3 aromatic heterocycles. The van der Waals surface area contributed by atoms with Crippen LogP contribution in [-0.4, -0.2) is 24.9 Å². The maximum Gasteiger partial charge on any atom is 0.163 e. The van der Waals surface area contributed by atoms with Gasteiger partial charge in [-0.1, -0.05) is 115 Å². The number of fused-ring (bicyclic) bond motifs is 2. The van der Waals surface area contributed by atoms with Gasteiger partial charge < -0.3 is 0 Å². The third-order valence-corrected chi connectivity index (χ3v) is 8.02. The molecule has 8 rings (SSSR count). The SMILES string of the molecule is C1=C(c2ccc3ccccc3n2)C=C(c2ccc3ccccc3n2)CC1c1nc(-c2ccccc2)nc(-c2ccccc2)n1. The van der Waals surface area contributed by atoms with Gasteiger partial charge in [-0.2, -0.15) is 0 Å². The molecule has 208 valence electrons. The molecule has 1 aliphatic carbocycles. The van der Waals surface area contributed by atoms with Gasteiger partial charge in [0.15, 0.2) is 11.6 Å². The second-order valence-electron chi connectivity index (χ2n) is 11.0. The van der Waals surface area contributed by atoms with E-state index in [1.807, 2.05) is 84.9 Å². The van der Waals surface area contributed by atoms with Crippen LogP contribution in [0.15, 0.2) is 146 Å². The monoisotopic (exact) mass is 565 g/mol. The van der Waals surface area contributed by atoms with Gasteiger partial charge in [0, 0.05) is 27.8 Å². The van der Waals surface area contributed by atoms with Crippen molar-refractivity contribution in [1.29, 1.82) is 0 Å². The van der Waals surface area contributed by atoms with Crippen LogP contribution in [0.2, 0.25) is 0 Å². The predicted octanol–water partition coefficient (Wildman–Crippen LogP) is 8.96. The third kappa shape index (κ3) is 5.05. The highest BCUT2D eigenvalue weighted by Crippen LogP contribution is 2.38. The first-order valence-electron chi connectivity index (χ1n) is 14.8. The number of para-hydroxylation sites is 2. The third-order valence-electron chi connectivity index (χ3n) is 8.02. The van der Waals surface area contributed by atoms with E-state index in [-0.39, 0.29) is 5.92 Å². The Morgan fingerprint density at radius 1 is 0.455 bits per heavy atom. The standard InChI is InChI=1S/C39H27N5/c1-3-13-28(14-4-1)37-42-38(29-15-5-2-6-16-29)44-39(43-37)32-24-30(35-21-19-26-11-7-9-17-33(26)40-35)23-31(25-32)36-22-20-27-12-8-10-18-34(27)41-36/h1-24,32H,25H2. The lowest BCUT2D eigenvalue weighted by Gasteiger charge is -2.22. The number of pyridine rings is 2. The van der Waals surface area contributed by atoms with E-state index in [1.54, 1.807) is 0 Å². The van der Waals surface area contributed by atoms with Crippen molar-refractivity contribution in [1.82, 2.24) is 24.9 Å². The summed E-state index contributed by atoms with van der Waals surface area (Å²) in [7, 11) is 0. The summed E-state index contributed by atoms with van der Waals surface area (Å²) in [5.74, 6) is 1.93. The van der Waals surface area contributed by atoms with Gasteiger partial charge in [-0.15, -0.1) is 0 Å². The molecule has 0 spiro atoms. The summed E-state index contributed by atoms with van der Waals surface area (Å²) in [4.78, 5) is 25.2. The highest BCUT2D eigenvalue weighted by atomic mass is 15.0. The molecule has 0 radical (unpaired) electrons. The van der Waals surface area contributed by atoms with Crippen LogP contribution < -0.4 is 0 Å². The van der Waals surface area contributed by atoms with E-state index >= 15 is 0 Å². The van der Waals surface area contributed by atoms with Crippen LogP contribution in [0.1, 0.15) is 29.6 Å². The number of aromatic nitrogens is 5. The molecule has 1 atom stereocenters. The van der Waals surface area contributed by atoms with E-state index in [1.165, 1.54) is 0 Å². The van der Waals surface area contributed by atoms with Crippen molar-refractivity contribution < 1.29 is 0 Å². The molecule has 1 unspecified atom stereocenters. The Hall–Kier alpha value is -5.81. The van der Waals surface area contributed by atoms with Gasteiger partial charge in [0.05, 0.1) is 22.4 Å². The molecule has 44 heavy (non-hydrogen) atoms. The second-order valence-corrected chi connectivity index (χ2v) is 11.0. The molecule has 5 heteroatoms. The van der Waals surface area contributed by atoms with E-state index in [0.29, 0.717) is 18.1 Å². The van der Waals surface area contributed by atoms with Crippen LogP contribution in [0.3, 0.4) is 0 Å². The number of allylic oxidation sites excluding steroid dienone is 4. The lowest BCUT2D eigenvalue weighted by atomic mass is 9.86. The highest BCUT2D eigenvalue weighted by molar-refractivity contribution is 5.89. The zero-order chi connectivity index (χ0) is 29.3. The molecule has 7 aromatic rings. The normalized spacial score (nSPS) is 14.8. The summed E-state index contributed by atoms with van der Waals surface area (Å²) in [6.45, 7) is 0. The average Bonchev–Trinajstić information content (AvgIpc) is 3.11. The van der Waals surface area contributed by atoms with Gasteiger partial charge in [-0.05, 0) is 47.9 Å². The molecule has 0 saturated carbocycles. The van der Waals surface area contributed by atoms with E-state index in [0.717, 1.165) is 61.3 Å². The van der Waals surface area contributed by atoms with Gasteiger partial charge in [0.1, 0.15) is 5.82 Å². The van der Waals surface area contributed by atoms with Gasteiger partial charge in [-0.3, -0.25) is 0 Å². The zero-order valence-electron chi connectivity index (χ0n) is 23.9. The maximum atomic E-state index is 5.07. The summed E-state index contributed by atoms with van der Waals surface area (Å²) in [5.41, 5.74) is 7.85. The molecular weight excluding hydrogens is 538 g/mol. The molecule has 4 aromatic carbocycles. The number of benzene rings is 4. The summed E-state index contributed by atoms with van der Waals surface area (Å²) in [6, 6.07) is 45.1. The number of rotatable bonds is 5.